The average molecular weight is 323 g/mol. The van der Waals surface area contributed by atoms with Gasteiger partial charge in [-0.15, -0.1) is 0 Å². The number of rotatable bonds is 4. The molecule has 0 bridgehead atoms. The maximum Gasteiger partial charge on any atom is 0.232 e. The summed E-state index contributed by atoms with van der Waals surface area (Å²) in [6, 6.07) is 8.01. The van der Waals surface area contributed by atoms with Crippen molar-refractivity contribution in [1.29, 1.82) is 0 Å². The van der Waals surface area contributed by atoms with Crippen molar-refractivity contribution in [2.24, 2.45) is 0 Å². The van der Waals surface area contributed by atoms with Gasteiger partial charge in [-0.3, -0.25) is 0 Å². The van der Waals surface area contributed by atoms with E-state index in [1.165, 1.54) is 0 Å². The van der Waals surface area contributed by atoms with Crippen LogP contribution in [0, 0.1) is 0 Å². The topological polar surface area (TPSA) is 50.3 Å². The van der Waals surface area contributed by atoms with Gasteiger partial charge >= 0.3 is 0 Å². The lowest BCUT2D eigenvalue weighted by Crippen LogP contribution is -2.08. The van der Waals surface area contributed by atoms with Gasteiger partial charge in [0.2, 0.25) is 11.8 Å². The zero-order valence-corrected chi connectivity index (χ0v) is 12.6. The van der Waals surface area contributed by atoms with Gasteiger partial charge in [-0.2, -0.15) is 4.98 Å². The third kappa shape index (κ3) is 3.35. The average Bonchev–Trinajstić information content (AvgIpc) is 2.41. The second kappa shape index (κ2) is 5.88. The minimum atomic E-state index is 0.498. The molecular formula is C13H15BrN4O. The Morgan fingerprint density at radius 2 is 1.89 bits per heavy atom. The maximum atomic E-state index is 5.13. The van der Waals surface area contributed by atoms with E-state index >= 15 is 0 Å². The smallest absolute Gasteiger partial charge is 0.232 e. The van der Waals surface area contributed by atoms with Crippen LogP contribution >= 0.6 is 15.9 Å². The number of halogens is 1. The largest absolute Gasteiger partial charge is 0.480 e. The summed E-state index contributed by atoms with van der Waals surface area (Å²) < 4.78 is 5.85. The van der Waals surface area contributed by atoms with Crippen LogP contribution in [-0.2, 0) is 0 Å². The molecule has 0 spiro atoms. The third-order valence-corrected chi connectivity index (χ3v) is 3.09. The summed E-state index contributed by atoms with van der Waals surface area (Å²) in [7, 11) is 5.58. The van der Waals surface area contributed by atoms with Crippen LogP contribution in [-0.4, -0.2) is 31.2 Å². The Kier molecular flexibility index (Phi) is 4.21. The molecule has 0 saturated heterocycles. The number of nitrogens with zero attached hydrogens (tertiary/aromatic N) is 3. The van der Waals surface area contributed by atoms with Crippen molar-refractivity contribution in [2.75, 3.05) is 31.4 Å². The van der Waals surface area contributed by atoms with Crippen molar-refractivity contribution in [2.45, 2.75) is 0 Å². The molecule has 0 saturated carbocycles. The standard InChI is InChI=1S/C13H15BrN4O/c1-18(2)10-6-4-9(5-7-10)16-13-15-8-11(14)12(17-13)19-3/h4-8H,1-3H3,(H,15,16,17). The van der Waals surface area contributed by atoms with E-state index in [2.05, 4.69) is 31.2 Å². The first-order valence-electron chi connectivity index (χ1n) is 5.71. The molecule has 6 heteroatoms. The predicted octanol–water partition coefficient (Wildman–Crippen LogP) is 3.06. The minimum absolute atomic E-state index is 0.498. The zero-order valence-electron chi connectivity index (χ0n) is 11.0. The summed E-state index contributed by atoms with van der Waals surface area (Å²) in [5, 5.41) is 3.13. The number of ether oxygens (including phenoxy) is 1. The first-order valence-corrected chi connectivity index (χ1v) is 6.50. The van der Waals surface area contributed by atoms with Crippen LogP contribution in [0.5, 0.6) is 5.88 Å². The van der Waals surface area contributed by atoms with Gasteiger partial charge in [-0.25, -0.2) is 4.98 Å². The molecule has 2 aromatic rings. The fourth-order valence-corrected chi connectivity index (χ4v) is 1.88. The van der Waals surface area contributed by atoms with Crippen molar-refractivity contribution in [3.63, 3.8) is 0 Å². The second-order valence-electron chi connectivity index (χ2n) is 4.12. The van der Waals surface area contributed by atoms with Gasteiger partial charge in [0.1, 0.15) is 0 Å². The molecule has 5 nitrogen and oxygen atoms in total. The molecule has 0 atom stereocenters. The molecule has 1 N–H and O–H groups in total. The summed E-state index contributed by atoms with van der Waals surface area (Å²) in [5.41, 5.74) is 2.06. The third-order valence-electron chi connectivity index (χ3n) is 2.55. The van der Waals surface area contributed by atoms with E-state index in [4.69, 9.17) is 4.74 Å². The van der Waals surface area contributed by atoms with Crippen LogP contribution in [0.2, 0.25) is 0 Å². The fraction of sp³-hybridized carbons (Fsp3) is 0.231. The fourth-order valence-electron chi connectivity index (χ4n) is 1.53. The summed E-state index contributed by atoms with van der Waals surface area (Å²) in [5.74, 6) is 1.00. The van der Waals surface area contributed by atoms with Crippen LogP contribution in [0.4, 0.5) is 17.3 Å². The number of hydrogen-bond donors (Lipinski definition) is 1. The van der Waals surface area contributed by atoms with E-state index in [1.807, 2.05) is 43.3 Å². The number of benzene rings is 1. The van der Waals surface area contributed by atoms with E-state index in [0.717, 1.165) is 15.8 Å². The van der Waals surface area contributed by atoms with E-state index in [9.17, 15) is 0 Å². The Morgan fingerprint density at radius 1 is 1.21 bits per heavy atom. The molecule has 2 rings (SSSR count). The lowest BCUT2D eigenvalue weighted by Gasteiger charge is -2.13. The minimum Gasteiger partial charge on any atom is -0.480 e. The Hall–Kier alpha value is -1.82. The molecule has 0 aliphatic rings. The van der Waals surface area contributed by atoms with E-state index < -0.39 is 0 Å². The lowest BCUT2D eigenvalue weighted by atomic mass is 10.2. The summed E-state index contributed by atoms with van der Waals surface area (Å²) in [6.45, 7) is 0. The number of methoxy groups -OCH3 is 1. The Bertz CT molecular complexity index is 557. The molecular weight excluding hydrogens is 308 g/mol. The molecule has 0 unspecified atom stereocenters. The van der Waals surface area contributed by atoms with Crippen LogP contribution in [0.1, 0.15) is 0 Å². The SMILES string of the molecule is COc1nc(Nc2ccc(N(C)C)cc2)ncc1Br. The predicted molar refractivity (Wildman–Crippen MR) is 80.3 cm³/mol. The summed E-state index contributed by atoms with van der Waals surface area (Å²) in [6.07, 6.45) is 1.66. The summed E-state index contributed by atoms with van der Waals surface area (Å²) in [4.78, 5) is 10.5. The normalized spacial score (nSPS) is 10.1. The highest BCUT2D eigenvalue weighted by molar-refractivity contribution is 9.10. The van der Waals surface area contributed by atoms with Gasteiger partial charge in [-0.05, 0) is 40.2 Å². The van der Waals surface area contributed by atoms with Gasteiger partial charge in [0.15, 0.2) is 0 Å². The molecule has 1 aromatic carbocycles. The van der Waals surface area contributed by atoms with Crippen molar-refractivity contribution in [1.82, 2.24) is 9.97 Å². The monoisotopic (exact) mass is 322 g/mol. The number of hydrogen-bond acceptors (Lipinski definition) is 5. The van der Waals surface area contributed by atoms with Crippen molar-refractivity contribution >= 4 is 33.3 Å². The Balaban J connectivity index is 2.16. The van der Waals surface area contributed by atoms with Crippen LogP contribution in [0.15, 0.2) is 34.9 Å². The first-order chi connectivity index (χ1) is 9.10. The van der Waals surface area contributed by atoms with Gasteiger partial charge in [-0.1, -0.05) is 0 Å². The molecule has 0 radical (unpaired) electrons. The van der Waals surface area contributed by atoms with E-state index in [1.54, 1.807) is 13.3 Å². The highest BCUT2D eigenvalue weighted by Gasteiger charge is 2.05. The van der Waals surface area contributed by atoms with Crippen molar-refractivity contribution in [3.05, 3.63) is 34.9 Å². The molecule has 0 fully saturated rings. The maximum absolute atomic E-state index is 5.13. The lowest BCUT2D eigenvalue weighted by molar-refractivity contribution is 0.394. The molecule has 0 aliphatic carbocycles. The quantitative estimate of drug-likeness (QED) is 0.937. The van der Waals surface area contributed by atoms with Gasteiger partial charge in [0.05, 0.1) is 17.8 Å². The van der Waals surface area contributed by atoms with Gasteiger partial charge in [0.25, 0.3) is 0 Å². The number of aromatic nitrogens is 2. The number of nitrogens with one attached hydrogen (secondary N) is 1. The second-order valence-corrected chi connectivity index (χ2v) is 4.97. The Morgan fingerprint density at radius 3 is 2.47 bits per heavy atom. The number of anilines is 3. The van der Waals surface area contributed by atoms with Crippen molar-refractivity contribution in [3.8, 4) is 5.88 Å². The van der Waals surface area contributed by atoms with Crippen LogP contribution in [0.3, 0.4) is 0 Å². The molecule has 0 aliphatic heterocycles. The summed E-state index contributed by atoms with van der Waals surface area (Å²) >= 11 is 3.32. The first kappa shape index (κ1) is 13.6. The molecule has 19 heavy (non-hydrogen) atoms. The highest BCUT2D eigenvalue weighted by atomic mass is 79.9. The molecule has 1 aromatic heterocycles. The molecule has 100 valence electrons. The molecule has 1 heterocycles. The van der Waals surface area contributed by atoms with Crippen LogP contribution in [0.25, 0.3) is 0 Å². The van der Waals surface area contributed by atoms with Crippen molar-refractivity contribution < 1.29 is 4.74 Å². The van der Waals surface area contributed by atoms with Gasteiger partial charge < -0.3 is 15.0 Å². The van der Waals surface area contributed by atoms with E-state index in [-0.39, 0.29) is 0 Å². The molecule has 0 amide bonds. The highest BCUT2D eigenvalue weighted by Crippen LogP contribution is 2.24. The van der Waals surface area contributed by atoms with Crippen LogP contribution < -0.4 is 15.0 Å². The van der Waals surface area contributed by atoms with Gasteiger partial charge in [0, 0.05) is 25.5 Å². The van der Waals surface area contributed by atoms with E-state index in [0.29, 0.717) is 11.8 Å². The zero-order chi connectivity index (χ0) is 13.8. The Labute approximate surface area is 120 Å².